The first-order valence-electron chi connectivity index (χ1n) is 7.96. The molecule has 0 N–H and O–H groups in total. The maximum atomic E-state index is 12.5. The number of ether oxygens (including phenoxy) is 1. The molecule has 2 aliphatic rings. The van der Waals surface area contributed by atoms with Crippen LogP contribution in [0.5, 0.6) is 0 Å². The van der Waals surface area contributed by atoms with Crippen LogP contribution >= 0.6 is 0 Å². The minimum Gasteiger partial charge on any atom is -0.370 e. The van der Waals surface area contributed by atoms with Crippen LogP contribution in [-0.4, -0.2) is 54.4 Å². The van der Waals surface area contributed by atoms with Gasteiger partial charge in [0, 0.05) is 19.5 Å². The summed E-state index contributed by atoms with van der Waals surface area (Å²) in [6.07, 6.45) is 2.44. The number of piperidine rings is 1. The third-order valence-electron chi connectivity index (χ3n) is 4.34. The summed E-state index contributed by atoms with van der Waals surface area (Å²) in [4.78, 5) is 27.8. The van der Waals surface area contributed by atoms with Crippen LogP contribution in [-0.2, 0) is 14.3 Å². The Bertz CT molecular complexity index is 532. The Hall–Kier alpha value is -1.88. The lowest BCUT2D eigenvalue weighted by Gasteiger charge is -2.35. The van der Waals surface area contributed by atoms with Crippen molar-refractivity contribution in [1.82, 2.24) is 9.80 Å². The number of rotatable bonds is 3. The second-order valence-corrected chi connectivity index (χ2v) is 5.88. The number of carbonyl (C=O) groups excluding carboxylic acids is 2. The number of hydrogen-bond donors (Lipinski definition) is 0. The minimum absolute atomic E-state index is 0.0273. The van der Waals surface area contributed by atoms with E-state index in [2.05, 4.69) is 0 Å². The third kappa shape index (κ3) is 3.47. The molecule has 0 spiro atoms. The van der Waals surface area contributed by atoms with Crippen LogP contribution in [0.15, 0.2) is 30.3 Å². The summed E-state index contributed by atoms with van der Waals surface area (Å²) < 4.78 is 5.78. The second kappa shape index (κ2) is 6.92. The summed E-state index contributed by atoms with van der Waals surface area (Å²) in [6.45, 7) is 2.62. The van der Waals surface area contributed by atoms with Crippen LogP contribution in [0, 0.1) is 0 Å². The fourth-order valence-electron chi connectivity index (χ4n) is 3.04. The highest BCUT2D eigenvalue weighted by Crippen LogP contribution is 2.22. The van der Waals surface area contributed by atoms with Gasteiger partial charge >= 0.3 is 0 Å². The van der Waals surface area contributed by atoms with Crippen molar-refractivity contribution in [2.45, 2.75) is 25.4 Å². The molecule has 0 bridgehead atoms. The zero-order chi connectivity index (χ0) is 15.4. The normalized spacial score (nSPS) is 22.7. The number of amides is 2. The Morgan fingerprint density at radius 3 is 2.77 bits per heavy atom. The van der Waals surface area contributed by atoms with Gasteiger partial charge in [-0.2, -0.15) is 0 Å². The quantitative estimate of drug-likeness (QED) is 0.852. The topological polar surface area (TPSA) is 49.9 Å². The van der Waals surface area contributed by atoms with Crippen molar-refractivity contribution < 1.29 is 14.3 Å². The molecule has 1 aromatic rings. The Kier molecular flexibility index (Phi) is 4.73. The average molecular weight is 302 g/mol. The molecule has 2 heterocycles. The van der Waals surface area contributed by atoms with E-state index in [1.54, 1.807) is 4.90 Å². The molecule has 22 heavy (non-hydrogen) atoms. The van der Waals surface area contributed by atoms with Crippen molar-refractivity contribution in [1.29, 1.82) is 0 Å². The van der Waals surface area contributed by atoms with Crippen LogP contribution in [0.1, 0.15) is 30.9 Å². The maximum absolute atomic E-state index is 12.5. The molecule has 1 atom stereocenters. The van der Waals surface area contributed by atoms with Crippen LogP contribution in [0.3, 0.4) is 0 Å². The van der Waals surface area contributed by atoms with Gasteiger partial charge in [-0.1, -0.05) is 30.3 Å². The van der Waals surface area contributed by atoms with E-state index in [9.17, 15) is 9.59 Å². The van der Waals surface area contributed by atoms with Crippen molar-refractivity contribution in [3.8, 4) is 0 Å². The number of benzene rings is 1. The van der Waals surface area contributed by atoms with E-state index in [1.165, 1.54) is 0 Å². The first-order valence-corrected chi connectivity index (χ1v) is 7.96. The first-order chi connectivity index (χ1) is 10.7. The number of carbonyl (C=O) groups is 2. The standard InChI is InChI=1S/C17H22N2O3/c20-16-8-4-5-9-18(16)13-17(21)19-10-11-22-15(12-19)14-6-2-1-3-7-14/h1-3,6-7,15H,4-5,8-13H2. The lowest BCUT2D eigenvalue weighted by molar-refractivity contribution is -0.146. The van der Waals surface area contributed by atoms with Crippen molar-refractivity contribution in [2.24, 2.45) is 0 Å². The van der Waals surface area contributed by atoms with Crippen molar-refractivity contribution in [2.75, 3.05) is 32.8 Å². The second-order valence-electron chi connectivity index (χ2n) is 5.88. The monoisotopic (exact) mass is 302 g/mol. The van der Waals surface area contributed by atoms with Crippen molar-refractivity contribution in [3.05, 3.63) is 35.9 Å². The van der Waals surface area contributed by atoms with Crippen LogP contribution < -0.4 is 0 Å². The summed E-state index contributed by atoms with van der Waals surface area (Å²) in [5.74, 6) is 0.131. The Morgan fingerprint density at radius 2 is 2.00 bits per heavy atom. The molecule has 3 rings (SSSR count). The van der Waals surface area contributed by atoms with Gasteiger partial charge in [-0.05, 0) is 18.4 Å². The van der Waals surface area contributed by atoms with E-state index in [0.717, 1.165) is 18.4 Å². The highest BCUT2D eigenvalue weighted by atomic mass is 16.5. The van der Waals surface area contributed by atoms with Gasteiger partial charge in [0.15, 0.2) is 0 Å². The zero-order valence-electron chi connectivity index (χ0n) is 12.7. The van der Waals surface area contributed by atoms with Gasteiger partial charge in [-0.3, -0.25) is 9.59 Å². The number of likely N-dealkylation sites (tertiary alicyclic amines) is 1. The molecule has 118 valence electrons. The highest BCUT2D eigenvalue weighted by Gasteiger charge is 2.28. The predicted molar refractivity (Wildman–Crippen MR) is 82.1 cm³/mol. The molecule has 0 aromatic heterocycles. The molecular weight excluding hydrogens is 280 g/mol. The fraction of sp³-hybridized carbons (Fsp3) is 0.529. The summed E-state index contributed by atoms with van der Waals surface area (Å²) in [6, 6.07) is 9.97. The van der Waals surface area contributed by atoms with E-state index in [4.69, 9.17) is 4.74 Å². The van der Waals surface area contributed by atoms with E-state index < -0.39 is 0 Å². The first kappa shape index (κ1) is 15.0. The predicted octanol–water partition coefficient (Wildman–Crippen LogP) is 1.60. The summed E-state index contributed by atoms with van der Waals surface area (Å²) in [5.41, 5.74) is 1.09. The van der Waals surface area contributed by atoms with Crippen LogP contribution in [0.25, 0.3) is 0 Å². The van der Waals surface area contributed by atoms with E-state index in [-0.39, 0.29) is 24.5 Å². The van der Waals surface area contributed by atoms with Gasteiger partial charge in [0.25, 0.3) is 0 Å². The van der Waals surface area contributed by atoms with Gasteiger partial charge in [-0.15, -0.1) is 0 Å². The number of morpholine rings is 1. The number of hydrogen-bond acceptors (Lipinski definition) is 3. The summed E-state index contributed by atoms with van der Waals surface area (Å²) >= 11 is 0. The third-order valence-corrected chi connectivity index (χ3v) is 4.34. The molecule has 5 nitrogen and oxygen atoms in total. The van der Waals surface area contributed by atoms with Gasteiger partial charge in [0.05, 0.1) is 19.7 Å². The molecule has 5 heteroatoms. The van der Waals surface area contributed by atoms with Gasteiger partial charge in [0.2, 0.25) is 11.8 Å². The van der Waals surface area contributed by atoms with Gasteiger partial charge < -0.3 is 14.5 Å². The molecule has 0 saturated carbocycles. The molecule has 0 aliphatic carbocycles. The van der Waals surface area contributed by atoms with E-state index >= 15 is 0 Å². The van der Waals surface area contributed by atoms with Crippen LogP contribution in [0.2, 0.25) is 0 Å². The Morgan fingerprint density at radius 1 is 1.18 bits per heavy atom. The van der Waals surface area contributed by atoms with Gasteiger partial charge in [0.1, 0.15) is 6.10 Å². The van der Waals surface area contributed by atoms with E-state index in [1.807, 2.05) is 35.2 Å². The van der Waals surface area contributed by atoms with Crippen LogP contribution in [0.4, 0.5) is 0 Å². The fourth-order valence-corrected chi connectivity index (χ4v) is 3.04. The highest BCUT2D eigenvalue weighted by molar-refractivity contribution is 5.85. The average Bonchev–Trinajstić information content (AvgIpc) is 2.58. The molecule has 1 unspecified atom stereocenters. The van der Waals surface area contributed by atoms with Gasteiger partial charge in [-0.25, -0.2) is 0 Å². The van der Waals surface area contributed by atoms with E-state index in [0.29, 0.717) is 32.7 Å². The SMILES string of the molecule is O=C1CCCCN1CC(=O)N1CCOC(c2ccccc2)C1. The zero-order valence-corrected chi connectivity index (χ0v) is 12.7. The maximum Gasteiger partial charge on any atom is 0.242 e. The molecule has 2 saturated heterocycles. The molecule has 2 fully saturated rings. The number of nitrogens with zero attached hydrogens (tertiary/aromatic N) is 2. The molecule has 1 aromatic carbocycles. The lowest BCUT2D eigenvalue weighted by Crippen LogP contribution is -2.48. The van der Waals surface area contributed by atoms with Crippen molar-refractivity contribution in [3.63, 3.8) is 0 Å². The summed E-state index contributed by atoms with van der Waals surface area (Å²) in [5, 5.41) is 0. The lowest BCUT2D eigenvalue weighted by atomic mass is 10.1. The molecule has 2 aliphatic heterocycles. The Balaban J connectivity index is 1.59. The molecule has 2 amide bonds. The molecular formula is C17H22N2O3. The Labute approximate surface area is 130 Å². The molecule has 0 radical (unpaired) electrons. The minimum atomic E-state index is -0.0732. The summed E-state index contributed by atoms with van der Waals surface area (Å²) in [7, 11) is 0. The smallest absolute Gasteiger partial charge is 0.242 e. The largest absolute Gasteiger partial charge is 0.370 e. The van der Waals surface area contributed by atoms with Crippen molar-refractivity contribution >= 4 is 11.8 Å².